The van der Waals surface area contributed by atoms with Gasteiger partial charge in [0, 0.05) is 12.6 Å². The van der Waals surface area contributed by atoms with Crippen LogP contribution in [0.5, 0.6) is 0 Å². The van der Waals surface area contributed by atoms with Crippen molar-refractivity contribution in [3.63, 3.8) is 0 Å². The van der Waals surface area contributed by atoms with Gasteiger partial charge in [0.15, 0.2) is 0 Å². The molecule has 0 aromatic heterocycles. The maximum Gasteiger partial charge on any atom is 0.240 e. The van der Waals surface area contributed by atoms with E-state index in [4.69, 9.17) is 5.73 Å². The molecule has 0 radical (unpaired) electrons. The van der Waals surface area contributed by atoms with Gasteiger partial charge in [-0.25, -0.2) is 17.5 Å². The molecule has 112 valence electrons. The van der Waals surface area contributed by atoms with Gasteiger partial charge in [-0.05, 0) is 42.3 Å². The van der Waals surface area contributed by atoms with Crippen LogP contribution in [0.25, 0.3) is 0 Å². The monoisotopic (exact) mass is 308 g/mol. The van der Waals surface area contributed by atoms with Crippen LogP contribution >= 0.6 is 0 Å². The Morgan fingerprint density at radius 3 is 2.43 bits per heavy atom. The molecule has 6 heteroatoms. The van der Waals surface area contributed by atoms with Crippen molar-refractivity contribution in [2.75, 3.05) is 0 Å². The van der Waals surface area contributed by atoms with E-state index in [2.05, 4.69) is 4.72 Å². The van der Waals surface area contributed by atoms with Crippen LogP contribution < -0.4 is 10.5 Å². The molecule has 21 heavy (non-hydrogen) atoms. The van der Waals surface area contributed by atoms with E-state index in [0.717, 1.165) is 5.56 Å². The highest BCUT2D eigenvalue weighted by atomic mass is 32.2. The number of hydrogen-bond donors (Lipinski definition) is 2. The number of sulfonamides is 1. The second-order valence-electron chi connectivity index (χ2n) is 4.81. The van der Waals surface area contributed by atoms with E-state index in [-0.39, 0.29) is 17.5 Å². The second-order valence-corrected chi connectivity index (χ2v) is 6.58. The van der Waals surface area contributed by atoms with Crippen LogP contribution in [-0.2, 0) is 16.6 Å². The maximum atomic E-state index is 13.0. The Balaban J connectivity index is 2.11. The highest BCUT2D eigenvalue weighted by molar-refractivity contribution is 7.89. The molecular formula is C15H17FN2O2S. The van der Waals surface area contributed by atoms with Gasteiger partial charge < -0.3 is 5.73 Å². The number of benzene rings is 2. The molecule has 0 saturated carbocycles. The number of halogens is 1. The lowest BCUT2D eigenvalue weighted by Crippen LogP contribution is -2.23. The van der Waals surface area contributed by atoms with Crippen molar-refractivity contribution in [3.05, 3.63) is 65.5 Å². The molecule has 1 atom stereocenters. The fraction of sp³-hybridized carbons (Fsp3) is 0.200. The molecule has 0 saturated heterocycles. The smallest absolute Gasteiger partial charge is 0.240 e. The number of nitrogens with two attached hydrogens (primary N) is 1. The van der Waals surface area contributed by atoms with Gasteiger partial charge in [0.1, 0.15) is 5.82 Å². The van der Waals surface area contributed by atoms with Crippen LogP contribution in [-0.4, -0.2) is 8.42 Å². The van der Waals surface area contributed by atoms with Gasteiger partial charge in [0.05, 0.1) is 4.90 Å². The minimum atomic E-state index is -3.63. The quantitative estimate of drug-likeness (QED) is 0.890. The SMILES string of the molecule is CC(N)c1ccc(S(=O)(=O)NCc2cccc(F)c2)cc1. The summed E-state index contributed by atoms with van der Waals surface area (Å²) in [4.78, 5) is 0.156. The minimum Gasteiger partial charge on any atom is -0.324 e. The maximum absolute atomic E-state index is 13.0. The normalized spacial score (nSPS) is 13.1. The van der Waals surface area contributed by atoms with Gasteiger partial charge >= 0.3 is 0 Å². The predicted molar refractivity (Wildman–Crippen MR) is 79.5 cm³/mol. The standard InChI is InChI=1S/C15H17FN2O2S/c1-11(17)13-5-7-15(8-6-13)21(19,20)18-10-12-3-2-4-14(16)9-12/h2-9,11,18H,10,17H2,1H3. The molecule has 2 aromatic rings. The Hall–Kier alpha value is -1.76. The van der Waals surface area contributed by atoms with E-state index in [9.17, 15) is 12.8 Å². The molecule has 0 spiro atoms. The third-order valence-corrected chi connectivity index (χ3v) is 4.49. The average molecular weight is 308 g/mol. The fourth-order valence-electron chi connectivity index (χ4n) is 1.86. The molecule has 2 rings (SSSR count). The number of nitrogens with one attached hydrogen (secondary N) is 1. The van der Waals surface area contributed by atoms with Crippen molar-refractivity contribution in [2.24, 2.45) is 5.73 Å². The first-order valence-corrected chi connectivity index (χ1v) is 7.96. The van der Waals surface area contributed by atoms with Gasteiger partial charge in [0.2, 0.25) is 10.0 Å². The fourth-order valence-corrected chi connectivity index (χ4v) is 2.88. The second kappa shape index (κ2) is 6.34. The summed E-state index contributed by atoms with van der Waals surface area (Å²) in [7, 11) is -3.63. The van der Waals surface area contributed by atoms with Gasteiger partial charge in [-0.2, -0.15) is 0 Å². The summed E-state index contributed by atoms with van der Waals surface area (Å²) in [6, 6.07) is 12.0. The van der Waals surface area contributed by atoms with E-state index >= 15 is 0 Å². The molecule has 0 bridgehead atoms. The molecule has 0 heterocycles. The Kier molecular flexibility index (Phi) is 4.72. The van der Waals surface area contributed by atoms with E-state index in [1.54, 1.807) is 18.2 Å². The van der Waals surface area contributed by atoms with Crippen molar-refractivity contribution in [2.45, 2.75) is 24.4 Å². The van der Waals surface area contributed by atoms with Gasteiger partial charge in [-0.3, -0.25) is 0 Å². The Labute approximate surface area is 123 Å². The largest absolute Gasteiger partial charge is 0.324 e. The Morgan fingerprint density at radius 2 is 1.86 bits per heavy atom. The van der Waals surface area contributed by atoms with Gasteiger partial charge in [-0.1, -0.05) is 24.3 Å². The zero-order valence-corrected chi connectivity index (χ0v) is 12.4. The molecule has 0 fully saturated rings. The Morgan fingerprint density at radius 1 is 1.19 bits per heavy atom. The third-order valence-electron chi connectivity index (χ3n) is 3.07. The lowest BCUT2D eigenvalue weighted by atomic mass is 10.1. The van der Waals surface area contributed by atoms with E-state index < -0.39 is 15.8 Å². The highest BCUT2D eigenvalue weighted by Gasteiger charge is 2.14. The summed E-state index contributed by atoms with van der Waals surface area (Å²) in [5.41, 5.74) is 7.14. The topological polar surface area (TPSA) is 72.2 Å². The first-order chi connectivity index (χ1) is 9.88. The Bertz CT molecular complexity index is 713. The molecule has 0 amide bonds. The van der Waals surface area contributed by atoms with E-state index in [0.29, 0.717) is 5.56 Å². The van der Waals surface area contributed by atoms with Crippen molar-refractivity contribution >= 4 is 10.0 Å². The van der Waals surface area contributed by atoms with E-state index in [1.165, 1.54) is 30.3 Å². The van der Waals surface area contributed by atoms with Gasteiger partial charge in [0.25, 0.3) is 0 Å². The van der Waals surface area contributed by atoms with Crippen molar-refractivity contribution < 1.29 is 12.8 Å². The van der Waals surface area contributed by atoms with Crippen LogP contribution in [0.3, 0.4) is 0 Å². The minimum absolute atomic E-state index is 0.0368. The van der Waals surface area contributed by atoms with Crippen molar-refractivity contribution in [1.82, 2.24) is 4.72 Å². The summed E-state index contributed by atoms with van der Waals surface area (Å²) < 4.78 is 39.8. The zero-order chi connectivity index (χ0) is 15.5. The van der Waals surface area contributed by atoms with Crippen LogP contribution in [0, 0.1) is 5.82 Å². The van der Waals surface area contributed by atoms with Gasteiger partial charge in [-0.15, -0.1) is 0 Å². The first-order valence-electron chi connectivity index (χ1n) is 6.48. The van der Waals surface area contributed by atoms with Crippen molar-refractivity contribution in [3.8, 4) is 0 Å². The zero-order valence-electron chi connectivity index (χ0n) is 11.6. The predicted octanol–water partition coefficient (Wildman–Crippen LogP) is 2.32. The molecule has 3 N–H and O–H groups in total. The third kappa shape index (κ3) is 4.10. The molecule has 2 aromatic carbocycles. The lowest BCUT2D eigenvalue weighted by molar-refractivity contribution is 0.580. The summed E-state index contributed by atoms with van der Waals surface area (Å²) in [5.74, 6) is -0.395. The molecule has 4 nitrogen and oxygen atoms in total. The molecule has 0 aliphatic heterocycles. The lowest BCUT2D eigenvalue weighted by Gasteiger charge is -2.09. The molecular weight excluding hydrogens is 291 g/mol. The van der Waals surface area contributed by atoms with Crippen molar-refractivity contribution in [1.29, 1.82) is 0 Å². The van der Waals surface area contributed by atoms with Crippen LogP contribution in [0.2, 0.25) is 0 Å². The first kappa shape index (κ1) is 15.6. The summed E-state index contributed by atoms with van der Waals surface area (Å²) in [6.07, 6.45) is 0. The summed E-state index contributed by atoms with van der Waals surface area (Å²) in [5, 5.41) is 0. The number of rotatable bonds is 5. The highest BCUT2D eigenvalue weighted by Crippen LogP contribution is 2.15. The molecule has 1 unspecified atom stereocenters. The average Bonchev–Trinajstić information content (AvgIpc) is 2.45. The van der Waals surface area contributed by atoms with E-state index in [1.807, 2.05) is 6.92 Å². The van der Waals surface area contributed by atoms with Crippen LogP contribution in [0.4, 0.5) is 4.39 Å². The number of hydrogen-bond acceptors (Lipinski definition) is 3. The van der Waals surface area contributed by atoms with Crippen LogP contribution in [0.1, 0.15) is 24.1 Å². The molecule has 0 aliphatic carbocycles. The summed E-state index contributed by atoms with van der Waals surface area (Å²) in [6.45, 7) is 1.86. The van der Waals surface area contributed by atoms with Crippen LogP contribution in [0.15, 0.2) is 53.4 Å². The summed E-state index contributed by atoms with van der Waals surface area (Å²) >= 11 is 0. The molecule has 0 aliphatic rings.